The standard InChI is InChI=1S/C15H13F2NOS/c1-2-20-13-9-4-3-8-12(13)18-15(19)10-6-5-7-11(16)14(10)17/h3-9H,2H2,1H3,(H,18,19). The number of hydrogen-bond acceptors (Lipinski definition) is 2. The van der Waals surface area contributed by atoms with Crippen molar-refractivity contribution in [2.75, 3.05) is 11.1 Å². The van der Waals surface area contributed by atoms with E-state index in [4.69, 9.17) is 0 Å². The molecule has 0 bridgehead atoms. The molecule has 2 aromatic carbocycles. The Morgan fingerprint density at radius 2 is 1.90 bits per heavy atom. The van der Waals surface area contributed by atoms with Gasteiger partial charge in [0, 0.05) is 4.90 Å². The van der Waals surface area contributed by atoms with Crippen molar-refractivity contribution in [1.82, 2.24) is 0 Å². The summed E-state index contributed by atoms with van der Waals surface area (Å²) in [5.74, 6) is -1.98. The maximum absolute atomic E-state index is 13.6. The molecule has 0 fully saturated rings. The molecule has 5 heteroatoms. The second-order valence-corrected chi connectivity index (χ2v) is 5.29. The molecule has 0 aliphatic heterocycles. The number of para-hydroxylation sites is 1. The Kier molecular flexibility index (Phi) is 4.74. The largest absolute Gasteiger partial charge is 0.321 e. The molecule has 0 saturated carbocycles. The number of nitrogens with one attached hydrogen (secondary N) is 1. The number of carbonyl (C=O) groups excluding carboxylic acids is 1. The lowest BCUT2D eigenvalue weighted by molar-refractivity contribution is 0.102. The Morgan fingerprint density at radius 1 is 1.15 bits per heavy atom. The van der Waals surface area contributed by atoms with Crippen LogP contribution >= 0.6 is 11.8 Å². The van der Waals surface area contributed by atoms with E-state index >= 15 is 0 Å². The van der Waals surface area contributed by atoms with Crippen molar-refractivity contribution in [3.8, 4) is 0 Å². The molecule has 2 rings (SSSR count). The molecule has 0 atom stereocenters. The fourth-order valence-corrected chi connectivity index (χ4v) is 2.48. The summed E-state index contributed by atoms with van der Waals surface area (Å²) < 4.78 is 26.7. The van der Waals surface area contributed by atoms with Gasteiger partial charge in [-0.3, -0.25) is 4.79 Å². The van der Waals surface area contributed by atoms with Gasteiger partial charge < -0.3 is 5.32 Å². The predicted molar refractivity (Wildman–Crippen MR) is 77.2 cm³/mol. The molecule has 104 valence electrons. The van der Waals surface area contributed by atoms with Crippen molar-refractivity contribution in [2.45, 2.75) is 11.8 Å². The van der Waals surface area contributed by atoms with E-state index < -0.39 is 17.5 Å². The quantitative estimate of drug-likeness (QED) is 0.850. The van der Waals surface area contributed by atoms with Gasteiger partial charge in [-0.1, -0.05) is 25.1 Å². The molecule has 0 unspecified atom stereocenters. The summed E-state index contributed by atoms with van der Waals surface area (Å²) in [5.41, 5.74) is 0.286. The van der Waals surface area contributed by atoms with E-state index in [-0.39, 0.29) is 5.56 Å². The molecule has 2 aromatic rings. The zero-order chi connectivity index (χ0) is 14.5. The Morgan fingerprint density at radius 3 is 2.65 bits per heavy atom. The molecule has 0 aromatic heterocycles. The van der Waals surface area contributed by atoms with Crippen molar-refractivity contribution < 1.29 is 13.6 Å². The molecule has 1 amide bonds. The van der Waals surface area contributed by atoms with Crippen LogP contribution in [0.3, 0.4) is 0 Å². The number of halogens is 2. The zero-order valence-corrected chi connectivity index (χ0v) is 11.6. The summed E-state index contributed by atoms with van der Waals surface area (Å²) in [6, 6.07) is 10.8. The number of rotatable bonds is 4. The lowest BCUT2D eigenvalue weighted by atomic mass is 10.2. The number of carbonyl (C=O) groups is 1. The lowest BCUT2D eigenvalue weighted by Crippen LogP contribution is -2.15. The number of benzene rings is 2. The van der Waals surface area contributed by atoms with Crippen LogP contribution in [0, 0.1) is 11.6 Å². The molecule has 20 heavy (non-hydrogen) atoms. The molecular formula is C15H13F2NOS. The Bertz CT molecular complexity index is 631. The van der Waals surface area contributed by atoms with Gasteiger partial charge in [-0.05, 0) is 30.0 Å². The lowest BCUT2D eigenvalue weighted by Gasteiger charge is -2.10. The molecule has 0 aliphatic rings. The van der Waals surface area contributed by atoms with Gasteiger partial charge in [-0.2, -0.15) is 0 Å². The van der Waals surface area contributed by atoms with Gasteiger partial charge in [0.1, 0.15) is 0 Å². The van der Waals surface area contributed by atoms with E-state index in [0.717, 1.165) is 16.7 Å². The third-order valence-electron chi connectivity index (χ3n) is 2.63. The Hall–Kier alpha value is -1.88. The van der Waals surface area contributed by atoms with Gasteiger partial charge in [-0.25, -0.2) is 8.78 Å². The first-order valence-electron chi connectivity index (χ1n) is 6.10. The normalized spacial score (nSPS) is 10.3. The highest BCUT2D eigenvalue weighted by Crippen LogP contribution is 2.27. The summed E-state index contributed by atoms with van der Waals surface area (Å²) in [7, 11) is 0. The first-order chi connectivity index (χ1) is 9.63. The molecule has 0 aliphatic carbocycles. The van der Waals surface area contributed by atoms with Crippen LogP contribution in [0.25, 0.3) is 0 Å². The van der Waals surface area contributed by atoms with Crippen LogP contribution in [0.5, 0.6) is 0 Å². The summed E-state index contributed by atoms with van der Waals surface area (Å²) in [6.07, 6.45) is 0. The SMILES string of the molecule is CCSc1ccccc1NC(=O)c1cccc(F)c1F. The summed E-state index contributed by atoms with van der Waals surface area (Å²) in [5, 5.41) is 2.61. The van der Waals surface area contributed by atoms with E-state index in [1.54, 1.807) is 23.9 Å². The number of hydrogen-bond donors (Lipinski definition) is 1. The number of thioether (sulfide) groups is 1. The second kappa shape index (κ2) is 6.52. The van der Waals surface area contributed by atoms with Crippen molar-refractivity contribution in [1.29, 1.82) is 0 Å². The molecule has 0 saturated heterocycles. The smallest absolute Gasteiger partial charge is 0.258 e. The van der Waals surface area contributed by atoms with Crippen molar-refractivity contribution >= 4 is 23.4 Å². The van der Waals surface area contributed by atoms with Gasteiger partial charge >= 0.3 is 0 Å². The van der Waals surface area contributed by atoms with Crippen LogP contribution in [-0.2, 0) is 0 Å². The monoisotopic (exact) mass is 293 g/mol. The summed E-state index contributed by atoms with van der Waals surface area (Å²) >= 11 is 1.56. The molecule has 1 N–H and O–H groups in total. The van der Waals surface area contributed by atoms with Crippen LogP contribution in [0.15, 0.2) is 47.4 Å². The highest BCUT2D eigenvalue weighted by molar-refractivity contribution is 7.99. The highest BCUT2D eigenvalue weighted by atomic mass is 32.2. The third kappa shape index (κ3) is 3.17. The molecule has 0 spiro atoms. The van der Waals surface area contributed by atoms with Crippen LogP contribution in [-0.4, -0.2) is 11.7 Å². The van der Waals surface area contributed by atoms with Gasteiger partial charge in [0.2, 0.25) is 0 Å². The van der Waals surface area contributed by atoms with Crippen LogP contribution in [0.1, 0.15) is 17.3 Å². The van der Waals surface area contributed by atoms with Gasteiger partial charge in [0.25, 0.3) is 5.91 Å². The van der Waals surface area contributed by atoms with Crippen LogP contribution < -0.4 is 5.32 Å². The van der Waals surface area contributed by atoms with E-state index in [9.17, 15) is 13.6 Å². The fraction of sp³-hybridized carbons (Fsp3) is 0.133. The van der Waals surface area contributed by atoms with Crippen molar-refractivity contribution in [3.63, 3.8) is 0 Å². The van der Waals surface area contributed by atoms with E-state index in [2.05, 4.69) is 5.32 Å². The van der Waals surface area contributed by atoms with Crippen LogP contribution in [0.2, 0.25) is 0 Å². The Balaban J connectivity index is 2.26. The third-order valence-corrected chi connectivity index (χ3v) is 3.59. The molecular weight excluding hydrogens is 280 g/mol. The first-order valence-corrected chi connectivity index (χ1v) is 7.09. The van der Waals surface area contributed by atoms with E-state index in [1.807, 2.05) is 19.1 Å². The second-order valence-electron chi connectivity index (χ2n) is 3.98. The van der Waals surface area contributed by atoms with Crippen molar-refractivity contribution in [2.24, 2.45) is 0 Å². The van der Waals surface area contributed by atoms with E-state index in [0.29, 0.717) is 5.69 Å². The number of amides is 1. The Labute approximate surface area is 120 Å². The zero-order valence-electron chi connectivity index (χ0n) is 10.8. The fourth-order valence-electron chi connectivity index (χ4n) is 1.72. The minimum absolute atomic E-state index is 0.304. The minimum atomic E-state index is -1.13. The maximum atomic E-state index is 13.6. The minimum Gasteiger partial charge on any atom is -0.321 e. The summed E-state index contributed by atoms with van der Waals surface area (Å²) in [4.78, 5) is 12.9. The van der Waals surface area contributed by atoms with E-state index in [1.165, 1.54) is 12.1 Å². The molecule has 0 radical (unpaired) electrons. The maximum Gasteiger partial charge on any atom is 0.258 e. The van der Waals surface area contributed by atoms with Gasteiger partial charge in [0.15, 0.2) is 11.6 Å². The summed E-state index contributed by atoms with van der Waals surface area (Å²) in [6.45, 7) is 2.00. The topological polar surface area (TPSA) is 29.1 Å². The van der Waals surface area contributed by atoms with Gasteiger partial charge in [0.05, 0.1) is 11.3 Å². The predicted octanol–water partition coefficient (Wildman–Crippen LogP) is 4.33. The first kappa shape index (κ1) is 14.5. The van der Waals surface area contributed by atoms with Crippen LogP contribution in [0.4, 0.5) is 14.5 Å². The number of anilines is 1. The van der Waals surface area contributed by atoms with Crippen molar-refractivity contribution in [3.05, 3.63) is 59.7 Å². The average molecular weight is 293 g/mol. The average Bonchev–Trinajstić information content (AvgIpc) is 2.44. The molecule has 2 nitrogen and oxygen atoms in total. The van der Waals surface area contributed by atoms with Gasteiger partial charge in [-0.15, -0.1) is 11.8 Å². The highest BCUT2D eigenvalue weighted by Gasteiger charge is 2.16. The molecule has 0 heterocycles.